The van der Waals surface area contributed by atoms with Crippen molar-refractivity contribution >= 4 is 16.5 Å². The lowest BCUT2D eigenvalue weighted by molar-refractivity contribution is -0.272. The molecular formula is C22H20F4N2O3. The molecule has 1 aliphatic rings. The summed E-state index contributed by atoms with van der Waals surface area (Å²) >= 11 is 0. The van der Waals surface area contributed by atoms with Crippen LogP contribution in [0.25, 0.3) is 10.8 Å². The average molecular weight is 436 g/mol. The van der Waals surface area contributed by atoms with Gasteiger partial charge >= 0.3 is 6.18 Å². The van der Waals surface area contributed by atoms with Crippen LogP contribution in [-0.4, -0.2) is 27.0 Å². The molecular weight excluding hydrogens is 416 g/mol. The Morgan fingerprint density at radius 2 is 1.94 bits per heavy atom. The van der Waals surface area contributed by atoms with Crippen molar-refractivity contribution in [1.82, 2.24) is 4.98 Å². The second-order valence-corrected chi connectivity index (χ2v) is 7.81. The molecule has 2 aromatic carbocycles. The minimum Gasteiger partial charge on any atom is -0.505 e. The van der Waals surface area contributed by atoms with E-state index in [2.05, 4.69) is 10.3 Å². The first-order valence-electron chi connectivity index (χ1n) is 9.75. The van der Waals surface area contributed by atoms with E-state index >= 15 is 0 Å². The largest absolute Gasteiger partial charge is 0.505 e. The monoisotopic (exact) mass is 436 g/mol. The zero-order chi connectivity index (χ0) is 22.6. The van der Waals surface area contributed by atoms with E-state index < -0.39 is 47.3 Å². The van der Waals surface area contributed by atoms with Gasteiger partial charge in [-0.3, -0.25) is 4.79 Å². The minimum absolute atomic E-state index is 0.0879. The Bertz CT molecular complexity index is 1210. The van der Waals surface area contributed by atoms with Crippen LogP contribution in [0.3, 0.4) is 0 Å². The van der Waals surface area contributed by atoms with E-state index in [-0.39, 0.29) is 23.1 Å². The molecule has 0 fully saturated rings. The topological polar surface area (TPSA) is 85.4 Å². The molecule has 0 radical (unpaired) electrons. The molecule has 0 aliphatic heterocycles. The lowest BCUT2D eigenvalue weighted by Crippen LogP contribution is -2.55. The standard InChI is InChI=1S/C22H20F4N2O3/c1-2-11-10-21(31,22(24,25)26)19(15-8-16(23)18(29)9-14(11)15)28-17-5-3-4-13-12(17)6-7-27-20(13)30/h3-9,11,19,28-29,31H,2,10H2,1H3,(H,27,30). The lowest BCUT2D eigenvalue weighted by Gasteiger charge is -2.45. The summed E-state index contributed by atoms with van der Waals surface area (Å²) in [6, 6.07) is 6.24. The fourth-order valence-electron chi connectivity index (χ4n) is 4.40. The fraction of sp³-hybridized carbons (Fsp3) is 0.318. The summed E-state index contributed by atoms with van der Waals surface area (Å²) in [6.45, 7) is 1.66. The predicted molar refractivity (Wildman–Crippen MR) is 108 cm³/mol. The summed E-state index contributed by atoms with van der Waals surface area (Å²) in [5.74, 6) is -2.48. The molecule has 1 aliphatic carbocycles. The van der Waals surface area contributed by atoms with Crippen molar-refractivity contribution < 1.29 is 27.8 Å². The van der Waals surface area contributed by atoms with Gasteiger partial charge in [-0.25, -0.2) is 4.39 Å². The van der Waals surface area contributed by atoms with Gasteiger partial charge in [-0.2, -0.15) is 13.2 Å². The molecule has 1 heterocycles. The second-order valence-electron chi connectivity index (χ2n) is 7.81. The number of hydrogen-bond acceptors (Lipinski definition) is 4. The van der Waals surface area contributed by atoms with E-state index in [1.54, 1.807) is 6.92 Å². The van der Waals surface area contributed by atoms with Gasteiger partial charge in [0.25, 0.3) is 5.56 Å². The van der Waals surface area contributed by atoms with Gasteiger partial charge in [-0.15, -0.1) is 0 Å². The summed E-state index contributed by atoms with van der Waals surface area (Å²) in [5, 5.41) is 24.1. The third kappa shape index (κ3) is 3.33. The molecule has 4 N–H and O–H groups in total. The number of fused-ring (bicyclic) bond motifs is 2. The SMILES string of the molecule is CCC1CC(O)(C(F)(F)F)C(Nc2cccc3c(=O)[nH]ccc23)c2cc(F)c(O)cc21. The highest BCUT2D eigenvalue weighted by Crippen LogP contribution is 2.54. The van der Waals surface area contributed by atoms with Gasteiger partial charge in [0.2, 0.25) is 0 Å². The summed E-state index contributed by atoms with van der Waals surface area (Å²) in [6.07, 6.45) is -4.06. The number of rotatable bonds is 3. The van der Waals surface area contributed by atoms with E-state index in [1.807, 2.05) is 0 Å². The van der Waals surface area contributed by atoms with Crippen molar-refractivity contribution in [2.24, 2.45) is 0 Å². The van der Waals surface area contributed by atoms with Crippen LogP contribution in [-0.2, 0) is 0 Å². The van der Waals surface area contributed by atoms with Crippen LogP contribution in [0.5, 0.6) is 5.75 Å². The van der Waals surface area contributed by atoms with Gasteiger partial charge in [0.05, 0.1) is 6.04 Å². The number of halogens is 4. The molecule has 3 atom stereocenters. The van der Waals surface area contributed by atoms with Gasteiger partial charge in [-0.05, 0) is 60.2 Å². The first kappa shape index (κ1) is 21.2. The maximum absolute atomic E-state index is 14.2. The van der Waals surface area contributed by atoms with Crippen molar-refractivity contribution in [3.05, 3.63) is 69.9 Å². The van der Waals surface area contributed by atoms with Crippen LogP contribution in [0.2, 0.25) is 0 Å². The third-order valence-electron chi connectivity index (χ3n) is 6.04. The van der Waals surface area contributed by atoms with E-state index in [0.29, 0.717) is 10.9 Å². The van der Waals surface area contributed by atoms with Gasteiger partial charge < -0.3 is 20.5 Å². The Morgan fingerprint density at radius 3 is 2.61 bits per heavy atom. The highest BCUT2D eigenvalue weighted by Gasteiger charge is 2.62. The summed E-state index contributed by atoms with van der Waals surface area (Å²) in [7, 11) is 0. The molecule has 31 heavy (non-hydrogen) atoms. The number of alkyl halides is 3. The second kappa shape index (κ2) is 7.26. The Kier molecular flexibility index (Phi) is 4.96. The molecule has 3 unspecified atom stereocenters. The number of aromatic nitrogens is 1. The van der Waals surface area contributed by atoms with Crippen LogP contribution in [0.4, 0.5) is 23.2 Å². The third-order valence-corrected chi connectivity index (χ3v) is 6.04. The van der Waals surface area contributed by atoms with Gasteiger partial charge in [0.1, 0.15) is 0 Å². The summed E-state index contributed by atoms with van der Waals surface area (Å²) < 4.78 is 56.7. The number of phenols is 1. The molecule has 5 nitrogen and oxygen atoms in total. The average Bonchev–Trinajstić information content (AvgIpc) is 2.71. The summed E-state index contributed by atoms with van der Waals surface area (Å²) in [5.41, 5.74) is -3.18. The number of aliphatic hydroxyl groups is 1. The zero-order valence-corrected chi connectivity index (χ0v) is 16.4. The number of aromatic amines is 1. The molecule has 0 saturated carbocycles. The van der Waals surface area contributed by atoms with Gasteiger partial charge in [0.15, 0.2) is 17.2 Å². The Hall–Kier alpha value is -3.07. The minimum atomic E-state index is -5.02. The predicted octanol–water partition coefficient (Wildman–Crippen LogP) is 4.72. The number of hydrogen-bond donors (Lipinski definition) is 4. The number of pyridine rings is 1. The molecule has 0 amide bonds. The van der Waals surface area contributed by atoms with E-state index in [4.69, 9.17) is 0 Å². The fourth-order valence-corrected chi connectivity index (χ4v) is 4.40. The van der Waals surface area contributed by atoms with Crippen LogP contribution in [0.1, 0.15) is 42.9 Å². The van der Waals surface area contributed by atoms with Crippen molar-refractivity contribution in [3.63, 3.8) is 0 Å². The molecule has 164 valence electrons. The van der Waals surface area contributed by atoms with Crippen LogP contribution >= 0.6 is 0 Å². The molecule has 0 spiro atoms. The number of aromatic hydroxyl groups is 1. The van der Waals surface area contributed by atoms with Crippen molar-refractivity contribution in [3.8, 4) is 5.75 Å². The van der Waals surface area contributed by atoms with E-state index in [9.17, 15) is 32.6 Å². The Morgan fingerprint density at radius 1 is 1.19 bits per heavy atom. The van der Waals surface area contributed by atoms with Crippen LogP contribution in [0.15, 0.2) is 47.4 Å². The smallest absolute Gasteiger partial charge is 0.419 e. The van der Waals surface area contributed by atoms with Crippen molar-refractivity contribution in [2.45, 2.75) is 43.5 Å². The zero-order valence-electron chi connectivity index (χ0n) is 16.4. The van der Waals surface area contributed by atoms with Crippen molar-refractivity contribution in [2.75, 3.05) is 5.32 Å². The Balaban J connectivity index is 1.95. The number of anilines is 1. The van der Waals surface area contributed by atoms with Gasteiger partial charge in [-0.1, -0.05) is 13.0 Å². The Labute approximate surface area is 174 Å². The quantitative estimate of drug-likeness (QED) is 0.448. The molecule has 0 bridgehead atoms. The molecule has 1 aromatic heterocycles. The van der Waals surface area contributed by atoms with E-state index in [0.717, 1.165) is 12.1 Å². The first-order chi connectivity index (χ1) is 14.6. The maximum Gasteiger partial charge on any atom is 0.419 e. The molecule has 3 aromatic rings. The van der Waals surface area contributed by atoms with Crippen molar-refractivity contribution in [1.29, 1.82) is 0 Å². The summed E-state index contributed by atoms with van der Waals surface area (Å²) in [4.78, 5) is 14.6. The number of H-pyrrole nitrogens is 1. The number of phenolic OH excluding ortho intramolecular Hbond substituents is 1. The highest BCUT2D eigenvalue weighted by molar-refractivity contribution is 5.93. The maximum atomic E-state index is 14.2. The number of nitrogens with one attached hydrogen (secondary N) is 2. The first-order valence-corrected chi connectivity index (χ1v) is 9.75. The van der Waals surface area contributed by atoms with Gasteiger partial charge in [0, 0.05) is 22.7 Å². The van der Waals surface area contributed by atoms with E-state index in [1.165, 1.54) is 30.5 Å². The van der Waals surface area contributed by atoms with Crippen LogP contribution < -0.4 is 10.9 Å². The highest BCUT2D eigenvalue weighted by atomic mass is 19.4. The normalized spacial score (nSPS) is 23.5. The molecule has 0 saturated heterocycles. The lowest BCUT2D eigenvalue weighted by atomic mass is 9.69. The van der Waals surface area contributed by atoms with Crippen LogP contribution in [0, 0.1) is 5.82 Å². The molecule has 4 rings (SSSR count). The molecule has 9 heteroatoms. The number of benzene rings is 2.